The molecular weight excluding hydrogens is 528 g/mol. The van der Waals surface area contributed by atoms with Crippen LogP contribution in [0.15, 0.2) is 83.8 Å². The monoisotopic (exact) mass is 558 g/mol. The SMILES string of the molecule is CCC(OC(=O)c1c2c(nc3ccccc13)CCN(Cc1ccccc1)C2)C(=O)Nc1ccc(S(N)(=O)=O)cc1. The lowest BCUT2D eigenvalue weighted by Gasteiger charge is -2.30. The lowest BCUT2D eigenvalue weighted by Crippen LogP contribution is -2.34. The summed E-state index contributed by atoms with van der Waals surface area (Å²) in [5.74, 6) is -1.10. The van der Waals surface area contributed by atoms with Crippen molar-refractivity contribution in [3.63, 3.8) is 0 Å². The van der Waals surface area contributed by atoms with Gasteiger partial charge in [0, 0.05) is 48.4 Å². The molecule has 4 aromatic rings. The van der Waals surface area contributed by atoms with Crippen LogP contribution in [0, 0.1) is 0 Å². The van der Waals surface area contributed by atoms with Crippen molar-refractivity contribution >= 4 is 38.5 Å². The third-order valence-electron chi connectivity index (χ3n) is 6.94. The molecule has 5 rings (SSSR count). The van der Waals surface area contributed by atoms with E-state index in [1.807, 2.05) is 42.5 Å². The van der Waals surface area contributed by atoms with Crippen LogP contribution >= 0.6 is 0 Å². The van der Waals surface area contributed by atoms with Crippen molar-refractivity contribution in [3.05, 3.63) is 101 Å². The number of esters is 1. The molecule has 0 aliphatic carbocycles. The number of pyridine rings is 1. The van der Waals surface area contributed by atoms with Gasteiger partial charge in [-0.15, -0.1) is 0 Å². The van der Waals surface area contributed by atoms with Crippen molar-refractivity contribution in [2.24, 2.45) is 5.14 Å². The normalized spacial score (nSPS) is 14.3. The second-order valence-electron chi connectivity index (χ2n) is 9.74. The van der Waals surface area contributed by atoms with Crippen LogP contribution in [0.5, 0.6) is 0 Å². The molecule has 2 heterocycles. The Hall–Kier alpha value is -4.12. The summed E-state index contributed by atoms with van der Waals surface area (Å²) in [7, 11) is -3.85. The molecule has 0 saturated heterocycles. The number of nitrogens with two attached hydrogens (primary N) is 1. The summed E-state index contributed by atoms with van der Waals surface area (Å²) in [5, 5.41) is 8.51. The van der Waals surface area contributed by atoms with Gasteiger partial charge in [0.25, 0.3) is 5.91 Å². The van der Waals surface area contributed by atoms with Crippen LogP contribution in [0.3, 0.4) is 0 Å². The first kappa shape index (κ1) is 27.4. The molecule has 40 heavy (non-hydrogen) atoms. The Balaban J connectivity index is 1.39. The average molecular weight is 559 g/mol. The van der Waals surface area contributed by atoms with Gasteiger partial charge in [0.1, 0.15) is 0 Å². The molecule has 0 saturated carbocycles. The number of nitrogens with zero attached hydrogens (tertiary/aromatic N) is 2. The number of carbonyl (C=O) groups is 2. The fourth-order valence-electron chi connectivity index (χ4n) is 4.92. The molecule has 206 valence electrons. The van der Waals surface area contributed by atoms with E-state index in [2.05, 4.69) is 22.3 Å². The van der Waals surface area contributed by atoms with Gasteiger partial charge in [-0.05, 0) is 42.3 Å². The molecule has 0 radical (unpaired) electrons. The Kier molecular flexibility index (Phi) is 7.92. The van der Waals surface area contributed by atoms with Crippen LogP contribution in [0.2, 0.25) is 0 Å². The van der Waals surface area contributed by atoms with Gasteiger partial charge in [-0.25, -0.2) is 18.4 Å². The first-order valence-corrected chi connectivity index (χ1v) is 14.6. The Morgan fingerprint density at radius 3 is 2.42 bits per heavy atom. The molecule has 9 nitrogen and oxygen atoms in total. The summed E-state index contributed by atoms with van der Waals surface area (Å²) >= 11 is 0. The molecule has 1 amide bonds. The molecule has 0 fully saturated rings. The number of primary sulfonamides is 1. The van der Waals surface area contributed by atoms with Crippen molar-refractivity contribution in [2.45, 2.75) is 43.9 Å². The number of hydrogen-bond acceptors (Lipinski definition) is 7. The molecular formula is C30H30N4O5S. The highest BCUT2D eigenvalue weighted by Crippen LogP contribution is 2.30. The number of anilines is 1. The molecule has 0 bridgehead atoms. The van der Waals surface area contributed by atoms with Crippen molar-refractivity contribution in [2.75, 3.05) is 11.9 Å². The van der Waals surface area contributed by atoms with Gasteiger partial charge in [-0.1, -0.05) is 55.5 Å². The van der Waals surface area contributed by atoms with Gasteiger partial charge in [0.05, 0.1) is 16.0 Å². The van der Waals surface area contributed by atoms with Crippen LogP contribution in [0.4, 0.5) is 5.69 Å². The zero-order valence-electron chi connectivity index (χ0n) is 22.0. The van der Waals surface area contributed by atoms with E-state index >= 15 is 0 Å². The van der Waals surface area contributed by atoms with E-state index in [1.165, 1.54) is 29.8 Å². The maximum absolute atomic E-state index is 13.7. The van der Waals surface area contributed by atoms with Gasteiger partial charge < -0.3 is 10.1 Å². The van der Waals surface area contributed by atoms with Crippen LogP contribution < -0.4 is 10.5 Å². The lowest BCUT2D eigenvalue weighted by atomic mass is 9.95. The highest BCUT2D eigenvalue weighted by molar-refractivity contribution is 7.89. The number of carbonyl (C=O) groups excluding carboxylic acids is 2. The minimum Gasteiger partial charge on any atom is -0.449 e. The summed E-state index contributed by atoms with van der Waals surface area (Å²) in [6, 6.07) is 23.1. The summed E-state index contributed by atoms with van der Waals surface area (Å²) in [6.07, 6.45) is -0.116. The number of sulfonamides is 1. The number of para-hydroxylation sites is 1. The van der Waals surface area contributed by atoms with Crippen molar-refractivity contribution < 1.29 is 22.7 Å². The zero-order chi connectivity index (χ0) is 28.3. The fraction of sp³-hybridized carbons (Fsp3) is 0.233. The Morgan fingerprint density at radius 1 is 1.02 bits per heavy atom. The van der Waals surface area contributed by atoms with E-state index in [4.69, 9.17) is 14.9 Å². The molecule has 3 aromatic carbocycles. The summed E-state index contributed by atoms with van der Waals surface area (Å²) in [4.78, 5) is 33.9. The van der Waals surface area contributed by atoms with Gasteiger partial charge >= 0.3 is 5.97 Å². The third-order valence-corrected chi connectivity index (χ3v) is 7.87. The van der Waals surface area contributed by atoms with Crippen LogP contribution in [0.1, 0.15) is 40.5 Å². The van der Waals surface area contributed by atoms with E-state index in [1.54, 1.807) is 6.92 Å². The zero-order valence-corrected chi connectivity index (χ0v) is 22.9. The van der Waals surface area contributed by atoms with Crippen molar-refractivity contribution in [3.8, 4) is 0 Å². The standard InChI is InChI=1S/C30H30N4O5S/c1-2-27(29(35)32-21-12-14-22(15-13-21)40(31,37)38)39-30(36)28-23-10-6-7-11-25(23)33-26-16-17-34(19-24(26)28)18-20-8-4-3-5-9-20/h3-15,27H,2,16-19H2,1H3,(H,32,35)(H2,31,37,38). The number of ether oxygens (including phenoxy) is 1. The molecule has 1 aromatic heterocycles. The summed E-state index contributed by atoms with van der Waals surface area (Å²) in [5.41, 5.74) is 4.36. The first-order valence-electron chi connectivity index (χ1n) is 13.0. The molecule has 1 aliphatic rings. The predicted octanol–water partition coefficient (Wildman–Crippen LogP) is 4.01. The van der Waals surface area contributed by atoms with Gasteiger partial charge in [-0.2, -0.15) is 0 Å². The van der Waals surface area contributed by atoms with E-state index < -0.39 is 28.0 Å². The highest BCUT2D eigenvalue weighted by atomic mass is 32.2. The van der Waals surface area contributed by atoms with Crippen LogP contribution in [-0.4, -0.2) is 42.8 Å². The Morgan fingerprint density at radius 2 is 1.73 bits per heavy atom. The predicted molar refractivity (Wildman–Crippen MR) is 152 cm³/mol. The molecule has 1 atom stereocenters. The maximum atomic E-state index is 13.7. The van der Waals surface area contributed by atoms with Crippen LogP contribution in [-0.2, 0) is 39.1 Å². The summed E-state index contributed by atoms with van der Waals surface area (Å²) < 4.78 is 28.8. The number of aromatic nitrogens is 1. The van der Waals surface area contributed by atoms with Crippen molar-refractivity contribution in [1.29, 1.82) is 0 Å². The third kappa shape index (κ3) is 6.04. The van der Waals surface area contributed by atoms with Crippen LogP contribution in [0.25, 0.3) is 10.9 Å². The highest BCUT2D eigenvalue weighted by Gasteiger charge is 2.29. The van der Waals surface area contributed by atoms with Gasteiger partial charge in [-0.3, -0.25) is 14.7 Å². The molecule has 10 heteroatoms. The number of amides is 1. The second-order valence-corrected chi connectivity index (χ2v) is 11.3. The second kappa shape index (κ2) is 11.5. The molecule has 3 N–H and O–H groups in total. The minimum absolute atomic E-state index is 0.0698. The number of rotatable bonds is 8. The smallest absolute Gasteiger partial charge is 0.340 e. The van der Waals surface area contributed by atoms with Gasteiger partial charge in [0.2, 0.25) is 10.0 Å². The number of hydrogen-bond donors (Lipinski definition) is 2. The van der Waals surface area contributed by atoms with E-state index in [9.17, 15) is 18.0 Å². The largest absolute Gasteiger partial charge is 0.449 e. The number of benzene rings is 3. The first-order chi connectivity index (χ1) is 19.2. The molecule has 1 unspecified atom stereocenters. The number of nitrogens with one attached hydrogen (secondary N) is 1. The average Bonchev–Trinajstić information content (AvgIpc) is 2.95. The Bertz CT molecular complexity index is 1660. The van der Waals surface area contributed by atoms with Gasteiger partial charge in [0.15, 0.2) is 6.10 Å². The minimum atomic E-state index is -3.85. The van der Waals surface area contributed by atoms with E-state index in [0.29, 0.717) is 35.1 Å². The summed E-state index contributed by atoms with van der Waals surface area (Å²) in [6.45, 7) is 3.84. The Labute approximate surface area is 233 Å². The quantitative estimate of drug-likeness (QED) is 0.312. The number of fused-ring (bicyclic) bond motifs is 2. The molecule has 0 spiro atoms. The van der Waals surface area contributed by atoms with Crippen molar-refractivity contribution in [1.82, 2.24) is 9.88 Å². The van der Waals surface area contributed by atoms with E-state index in [-0.39, 0.29) is 11.3 Å². The molecule has 1 aliphatic heterocycles. The van der Waals surface area contributed by atoms with E-state index in [0.717, 1.165) is 24.3 Å². The topological polar surface area (TPSA) is 132 Å². The fourth-order valence-corrected chi connectivity index (χ4v) is 5.43. The maximum Gasteiger partial charge on any atom is 0.340 e. The lowest BCUT2D eigenvalue weighted by molar-refractivity contribution is -0.124.